The zero-order valence-electron chi connectivity index (χ0n) is 12.6. The van der Waals surface area contributed by atoms with Gasteiger partial charge in [-0.1, -0.05) is 42.6 Å². The minimum atomic E-state index is -0.146. The molecule has 1 fully saturated rings. The first-order valence-corrected chi connectivity index (χ1v) is 8.33. The number of aromatic nitrogens is 2. The van der Waals surface area contributed by atoms with Crippen LogP contribution in [0, 0.1) is 12.5 Å². The number of allylic oxidation sites excluding steroid dienone is 2. The summed E-state index contributed by atoms with van der Waals surface area (Å²) in [5, 5.41) is 11.3. The molecule has 0 bridgehead atoms. The van der Waals surface area contributed by atoms with Crippen molar-refractivity contribution < 1.29 is 0 Å². The lowest BCUT2D eigenvalue weighted by Gasteiger charge is -2.29. The maximum atomic E-state index is 7.79. The molecule has 1 atom stereocenters. The molecule has 1 aliphatic carbocycles. The van der Waals surface area contributed by atoms with Gasteiger partial charge >= 0.3 is 0 Å². The molecule has 0 radical (unpaired) electrons. The van der Waals surface area contributed by atoms with Crippen LogP contribution in [0.1, 0.15) is 42.7 Å². The van der Waals surface area contributed by atoms with E-state index in [9.17, 15) is 0 Å². The van der Waals surface area contributed by atoms with E-state index in [0.29, 0.717) is 10.9 Å². The van der Waals surface area contributed by atoms with Crippen molar-refractivity contribution in [1.29, 1.82) is 0 Å². The number of anilines is 1. The van der Waals surface area contributed by atoms with Crippen LogP contribution in [0.15, 0.2) is 41.9 Å². The summed E-state index contributed by atoms with van der Waals surface area (Å²) < 4.78 is 0. The molecule has 0 amide bonds. The second kappa shape index (κ2) is 5.75. The molecule has 0 saturated heterocycles. The van der Waals surface area contributed by atoms with Crippen LogP contribution in [-0.4, -0.2) is 10.2 Å². The Morgan fingerprint density at radius 3 is 2.70 bits per heavy atom. The van der Waals surface area contributed by atoms with E-state index in [2.05, 4.69) is 20.4 Å². The van der Waals surface area contributed by atoms with Crippen molar-refractivity contribution >= 4 is 17.4 Å². The lowest BCUT2D eigenvalue weighted by molar-refractivity contribution is 0.629. The van der Waals surface area contributed by atoms with Crippen LogP contribution in [0.4, 0.5) is 5.82 Å². The monoisotopic (exact) mass is 324 g/mol. The molecular formula is C18H17ClN4. The number of nitrogens with one attached hydrogen (secondary N) is 2. The Labute approximate surface area is 140 Å². The quantitative estimate of drug-likeness (QED) is 0.768. The van der Waals surface area contributed by atoms with Crippen molar-refractivity contribution in [2.24, 2.45) is 5.92 Å². The van der Waals surface area contributed by atoms with Crippen molar-refractivity contribution in [3.05, 3.63) is 69.4 Å². The smallest absolute Gasteiger partial charge is 0.196 e. The summed E-state index contributed by atoms with van der Waals surface area (Å²) in [6, 6.07) is 7.78. The second-order valence-electron chi connectivity index (χ2n) is 6.17. The fourth-order valence-corrected chi connectivity index (χ4v) is 4.04. The van der Waals surface area contributed by atoms with Crippen LogP contribution in [0.25, 0.3) is 4.85 Å². The molecule has 23 heavy (non-hydrogen) atoms. The molecule has 1 saturated carbocycles. The Hall–Kier alpha value is -2.25. The van der Waals surface area contributed by atoms with Gasteiger partial charge in [-0.05, 0) is 30.4 Å². The van der Waals surface area contributed by atoms with Crippen molar-refractivity contribution in [2.45, 2.75) is 31.6 Å². The van der Waals surface area contributed by atoms with Gasteiger partial charge < -0.3 is 5.32 Å². The topological polar surface area (TPSA) is 45.1 Å². The van der Waals surface area contributed by atoms with Gasteiger partial charge in [-0.2, -0.15) is 5.10 Å². The SMILES string of the molecule is [C-]#[N+]C1=C(C2CCCC2)Nc2[nH]ncc2C1c1ccccc1Cl. The van der Waals surface area contributed by atoms with Crippen LogP contribution in [0.3, 0.4) is 0 Å². The third-order valence-corrected chi connectivity index (χ3v) is 5.23. The zero-order valence-corrected chi connectivity index (χ0v) is 13.4. The minimum Gasteiger partial charge on any atom is -0.354 e. The summed E-state index contributed by atoms with van der Waals surface area (Å²) in [6.45, 7) is 7.79. The van der Waals surface area contributed by atoms with E-state index >= 15 is 0 Å². The van der Waals surface area contributed by atoms with Gasteiger partial charge in [0.1, 0.15) is 5.82 Å². The second-order valence-corrected chi connectivity index (χ2v) is 6.58. The average molecular weight is 325 g/mol. The molecule has 1 aromatic heterocycles. The van der Waals surface area contributed by atoms with Gasteiger partial charge in [0.2, 0.25) is 0 Å². The first kappa shape index (κ1) is 14.3. The number of fused-ring (bicyclic) bond motifs is 1. The first-order chi connectivity index (χ1) is 11.3. The predicted molar refractivity (Wildman–Crippen MR) is 91.1 cm³/mol. The van der Waals surface area contributed by atoms with Crippen LogP contribution < -0.4 is 5.32 Å². The summed E-state index contributed by atoms with van der Waals surface area (Å²) in [7, 11) is 0. The van der Waals surface area contributed by atoms with Gasteiger partial charge in [0.05, 0.1) is 18.7 Å². The number of halogens is 1. The normalized spacial score (nSPS) is 21.0. The summed E-state index contributed by atoms with van der Waals surface area (Å²) in [5.74, 6) is 1.18. The van der Waals surface area contributed by atoms with Gasteiger partial charge in [0.15, 0.2) is 5.70 Å². The largest absolute Gasteiger partial charge is 0.354 e. The van der Waals surface area contributed by atoms with Crippen LogP contribution in [-0.2, 0) is 0 Å². The Morgan fingerprint density at radius 2 is 1.96 bits per heavy atom. The van der Waals surface area contributed by atoms with Crippen LogP contribution in [0.5, 0.6) is 0 Å². The van der Waals surface area contributed by atoms with Crippen molar-refractivity contribution in [2.75, 3.05) is 5.32 Å². The van der Waals surface area contributed by atoms with Gasteiger partial charge in [0.25, 0.3) is 0 Å². The summed E-state index contributed by atoms with van der Waals surface area (Å²) in [5.41, 5.74) is 3.78. The number of aromatic amines is 1. The third kappa shape index (κ3) is 2.32. The fraction of sp³-hybridized carbons (Fsp3) is 0.333. The predicted octanol–water partition coefficient (Wildman–Crippen LogP) is 4.94. The van der Waals surface area contributed by atoms with E-state index in [1.807, 2.05) is 24.3 Å². The van der Waals surface area contributed by atoms with E-state index < -0.39 is 0 Å². The summed E-state index contributed by atoms with van der Waals surface area (Å²) >= 11 is 6.44. The standard InChI is InChI=1S/C18H17ClN4/c1-20-17-15(12-8-4-5-9-14(12)19)13-10-21-23-18(13)22-16(17)11-6-2-3-7-11/h4-5,8-11,15H,2-3,6-7H2,(H2,21,22,23). The molecule has 1 unspecified atom stereocenters. The van der Waals surface area contributed by atoms with Crippen molar-refractivity contribution in [3.63, 3.8) is 0 Å². The van der Waals surface area contributed by atoms with E-state index in [1.165, 1.54) is 12.8 Å². The van der Waals surface area contributed by atoms with E-state index in [-0.39, 0.29) is 5.92 Å². The molecular weight excluding hydrogens is 308 g/mol. The third-order valence-electron chi connectivity index (χ3n) is 4.89. The zero-order chi connectivity index (χ0) is 15.8. The number of benzene rings is 1. The molecule has 5 heteroatoms. The molecule has 1 aromatic carbocycles. The Balaban J connectivity index is 1.90. The molecule has 116 valence electrons. The van der Waals surface area contributed by atoms with Crippen LogP contribution >= 0.6 is 11.6 Å². The molecule has 4 nitrogen and oxygen atoms in total. The molecule has 2 aromatic rings. The van der Waals surface area contributed by atoms with Gasteiger partial charge in [-0.3, -0.25) is 5.10 Å². The molecule has 1 aliphatic heterocycles. The average Bonchev–Trinajstić information content (AvgIpc) is 3.25. The molecule has 2 N–H and O–H groups in total. The number of hydrogen-bond acceptors (Lipinski definition) is 2. The summed E-state index contributed by atoms with van der Waals surface area (Å²) in [4.78, 5) is 3.92. The van der Waals surface area contributed by atoms with Gasteiger partial charge in [-0.25, -0.2) is 4.85 Å². The number of rotatable bonds is 2. The number of H-pyrrole nitrogens is 1. The van der Waals surface area contributed by atoms with E-state index in [0.717, 1.165) is 41.2 Å². The van der Waals surface area contributed by atoms with E-state index in [4.69, 9.17) is 18.2 Å². The van der Waals surface area contributed by atoms with Crippen molar-refractivity contribution in [1.82, 2.24) is 10.2 Å². The van der Waals surface area contributed by atoms with Crippen molar-refractivity contribution in [3.8, 4) is 0 Å². The maximum absolute atomic E-state index is 7.79. The Morgan fingerprint density at radius 1 is 1.17 bits per heavy atom. The first-order valence-electron chi connectivity index (χ1n) is 7.96. The lowest BCUT2D eigenvalue weighted by atomic mass is 9.84. The molecule has 0 spiro atoms. The maximum Gasteiger partial charge on any atom is 0.196 e. The molecule has 2 aliphatic rings. The number of nitrogens with zero attached hydrogens (tertiary/aromatic N) is 2. The highest BCUT2D eigenvalue weighted by atomic mass is 35.5. The van der Waals surface area contributed by atoms with Gasteiger partial charge in [0, 0.05) is 16.3 Å². The Bertz CT molecular complexity index is 808. The molecule has 2 heterocycles. The number of hydrogen-bond donors (Lipinski definition) is 2. The van der Waals surface area contributed by atoms with Gasteiger partial charge in [-0.15, -0.1) is 0 Å². The molecule has 4 rings (SSSR count). The highest BCUT2D eigenvalue weighted by Gasteiger charge is 2.35. The lowest BCUT2D eigenvalue weighted by Crippen LogP contribution is -2.21. The van der Waals surface area contributed by atoms with E-state index in [1.54, 1.807) is 6.20 Å². The fourth-order valence-electron chi connectivity index (χ4n) is 3.79. The highest BCUT2D eigenvalue weighted by Crippen LogP contribution is 2.47. The Kier molecular flexibility index (Phi) is 3.59. The van der Waals surface area contributed by atoms with Crippen LogP contribution in [0.2, 0.25) is 5.02 Å². The summed E-state index contributed by atoms with van der Waals surface area (Å²) in [6.07, 6.45) is 6.54. The highest BCUT2D eigenvalue weighted by molar-refractivity contribution is 6.31. The minimum absolute atomic E-state index is 0.146.